The van der Waals surface area contributed by atoms with Crippen molar-refractivity contribution >= 4 is 5.82 Å². The molecule has 0 bridgehead atoms. The lowest BCUT2D eigenvalue weighted by Crippen LogP contribution is -2.28. The van der Waals surface area contributed by atoms with E-state index in [2.05, 4.69) is 27.9 Å². The number of aromatic nitrogens is 2. The van der Waals surface area contributed by atoms with E-state index in [1.165, 1.54) is 12.8 Å². The molecule has 72 valence electrons. The van der Waals surface area contributed by atoms with Crippen molar-refractivity contribution in [1.82, 2.24) is 9.97 Å². The second-order valence-electron chi connectivity index (χ2n) is 3.53. The Labute approximate surface area is 83.2 Å². The first kappa shape index (κ1) is 8.95. The fraction of sp³-hybridized carbons (Fsp3) is 0.500. The van der Waals surface area contributed by atoms with Gasteiger partial charge in [0, 0.05) is 25.0 Å². The molecule has 1 unspecified atom stereocenters. The summed E-state index contributed by atoms with van der Waals surface area (Å²) >= 11 is 0. The van der Waals surface area contributed by atoms with Crippen LogP contribution < -0.4 is 4.90 Å². The van der Waals surface area contributed by atoms with Gasteiger partial charge in [-0.3, -0.25) is 0 Å². The van der Waals surface area contributed by atoms with E-state index >= 15 is 0 Å². The molecule has 0 radical (unpaired) electrons. The van der Waals surface area contributed by atoms with Gasteiger partial charge in [0.05, 0.1) is 0 Å². The molecule has 0 saturated carbocycles. The molecule has 4 nitrogen and oxygen atoms in total. The minimum atomic E-state index is 0.432. The molecule has 0 aliphatic carbocycles. The highest BCUT2D eigenvalue weighted by Gasteiger charge is 2.23. The van der Waals surface area contributed by atoms with Gasteiger partial charge in [-0.15, -0.1) is 0 Å². The number of nitriles is 1. The number of anilines is 1. The monoisotopic (exact) mass is 188 g/mol. The Morgan fingerprint density at radius 1 is 1.50 bits per heavy atom. The molecule has 2 rings (SSSR count). The highest BCUT2D eigenvalue weighted by Crippen LogP contribution is 2.24. The van der Waals surface area contributed by atoms with Gasteiger partial charge in [0.1, 0.15) is 6.07 Å². The Kier molecular flexibility index (Phi) is 2.32. The predicted molar refractivity (Wildman–Crippen MR) is 52.8 cm³/mol. The van der Waals surface area contributed by atoms with Crippen LogP contribution in [0.1, 0.15) is 25.5 Å². The highest BCUT2D eigenvalue weighted by molar-refractivity contribution is 5.50. The number of hydrogen-bond acceptors (Lipinski definition) is 4. The van der Waals surface area contributed by atoms with Crippen LogP contribution in [0.15, 0.2) is 12.4 Å². The van der Waals surface area contributed by atoms with Crippen molar-refractivity contribution < 1.29 is 0 Å². The fourth-order valence-electron chi connectivity index (χ4n) is 1.87. The summed E-state index contributed by atoms with van der Waals surface area (Å²) in [5, 5.41) is 8.89. The molecule has 1 aromatic heterocycles. The van der Waals surface area contributed by atoms with Gasteiger partial charge in [0.15, 0.2) is 11.5 Å². The van der Waals surface area contributed by atoms with E-state index < -0.39 is 0 Å². The average Bonchev–Trinajstić information content (AvgIpc) is 2.64. The molecule has 1 aliphatic rings. The van der Waals surface area contributed by atoms with Crippen molar-refractivity contribution in [3.05, 3.63) is 18.1 Å². The normalized spacial score (nSPS) is 20.9. The standard InChI is InChI=1S/C10H12N4/c1-8-3-2-6-14(8)10-9(7-11)12-4-5-13-10/h4-5,8H,2-3,6H2,1H3. The van der Waals surface area contributed by atoms with E-state index in [9.17, 15) is 0 Å². The zero-order chi connectivity index (χ0) is 9.97. The Balaban J connectivity index is 2.36. The summed E-state index contributed by atoms with van der Waals surface area (Å²) in [5.41, 5.74) is 0.432. The molecule has 0 aromatic carbocycles. The molecule has 0 N–H and O–H groups in total. The molecule has 1 aromatic rings. The smallest absolute Gasteiger partial charge is 0.183 e. The van der Waals surface area contributed by atoms with Crippen LogP contribution in [0.4, 0.5) is 5.82 Å². The van der Waals surface area contributed by atoms with E-state index in [0.717, 1.165) is 12.4 Å². The topological polar surface area (TPSA) is 52.8 Å². The van der Waals surface area contributed by atoms with E-state index in [0.29, 0.717) is 11.7 Å². The van der Waals surface area contributed by atoms with Crippen molar-refractivity contribution in [3.63, 3.8) is 0 Å². The minimum absolute atomic E-state index is 0.432. The minimum Gasteiger partial charge on any atom is -0.351 e. The Hall–Kier alpha value is -1.63. The van der Waals surface area contributed by atoms with Gasteiger partial charge >= 0.3 is 0 Å². The third-order valence-electron chi connectivity index (χ3n) is 2.61. The summed E-state index contributed by atoms with van der Waals surface area (Å²) in [6, 6.07) is 2.55. The molecule has 4 heteroatoms. The molecule has 1 aliphatic heterocycles. The Morgan fingerprint density at radius 2 is 2.29 bits per heavy atom. The summed E-state index contributed by atoms with van der Waals surface area (Å²) in [6.07, 6.45) is 5.54. The zero-order valence-corrected chi connectivity index (χ0v) is 8.14. The lowest BCUT2D eigenvalue weighted by molar-refractivity contribution is 0.724. The average molecular weight is 188 g/mol. The van der Waals surface area contributed by atoms with Crippen LogP contribution in [0.3, 0.4) is 0 Å². The van der Waals surface area contributed by atoms with Crippen molar-refractivity contribution in [2.24, 2.45) is 0 Å². The summed E-state index contributed by atoms with van der Waals surface area (Å²) in [5.74, 6) is 0.736. The maximum absolute atomic E-state index is 8.89. The van der Waals surface area contributed by atoms with Gasteiger partial charge in [-0.25, -0.2) is 9.97 Å². The Bertz CT molecular complexity index is 369. The highest BCUT2D eigenvalue weighted by atomic mass is 15.2. The van der Waals surface area contributed by atoms with Gasteiger partial charge in [0.25, 0.3) is 0 Å². The van der Waals surface area contributed by atoms with Crippen molar-refractivity contribution in [2.75, 3.05) is 11.4 Å². The third-order valence-corrected chi connectivity index (χ3v) is 2.61. The van der Waals surface area contributed by atoms with Crippen LogP contribution in [-0.2, 0) is 0 Å². The lowest BCUT2D eigenvalue weighted by Gasteiger charge is -2.22. The Morgan fingerprint density at radius 3 is 2.93 bits per heavy atom. The molecule has 1 fully saturated rings. The van der Waals surface area contributed by atoms with Gasteiger partial charge in [-0.2, -0.15) is 5.26 Å². The number of nitrogens with zero attached hydrogens (tertiary/aromatic N) is 4. The van der Waals surface area contributed by atoms with E-state index in [1.807, 2.05) is 0 Å². The fourth-order valence-corrected chi connectivity index (χ4v) is 1.87. The van der Waals surface area contributed by atoms with Crippen molar-refractivity contribution in [3.8, 4) is 6.07 Å². The second kappa shape index (κ2) is 3.62. The van der Waals surface area contributed by atoms with E-state index in [4.69, 9.17) is 5.26 Å². The molecular weight excluding hydrogens is 176 g/mol. The SMILES string of the molecule is CC1CCCN1c1nccnc1C#N. The molecule has 0 amide bonds. The molecule has 0 spiro atoms. The van der Waals surface area contributed by atoms with Gasteiger partial charge in [0.2, 0.25) is 0 Å². The second-order valence-corrected chi connectivity index (χ2v) is 3.53. The molecular formula is C10H12N4. The van der Waals surface area contributed by atoms with Crippen LogP contribution in [0.5, 0.6) is 0 Å². The first-order valence-electron chi connectivity index (χ1n) is 4.80. The van der Waals surface area contributed by atoms with Crippen LogP contribution in [0, 0.1) is 11.3 Å². The third kappa shape index (κ3) is 1.41. The molecule has 1 atom stereocenters. The van der Waals surface area contributed by atoms with Gasteiger partial charge in [-0.05, 0) is 19.8 Å². The first-order chi connectivity index (χ1) is 6.83. The zero-order valence-electron chi connectivity index (χ0n) is 8.14. The quantitative estimate of drug-likeness (QED) is 0.667. The van der Waals surface area contributed by atoms with Gasteiger partial charge in [-0.1, -0.05) is 0 Å². The largest absolute Gasteiger partial charge is 0.351 e. The molecule has 14 heavy (non-hydrogen) atoms. The van der Waals surface area contributed by atoms with E-state index in [-0.39, 0.29) is 0 Å². The summed E-state index contributed by atoms with van der Waals surface area (Å²) in [7, 11) is 0. The molecule has 2 heterocycles. The number of rotatable bonds is 1. The molecule has 1 saturated heterocycles. The van der Waals surface area contributed by atoms with Crippen LogP contribution in [-0.4, -0.2) is 22.6 Å². The van der Waals surface area contributed by atoms with Crippen LogP contribution >= 0.6 is 0 Å². The maximum atomic E-state index is 8.89. The van der Waals surface area contributed by atoms with E-state index in [1.54, 1.807) is 12.4 Å². The summed E-state index contributed by atoms with van der Waals surface area (Å²) < 4.78 is 0. The van der Waals surface area contributed by atoms with Crippen LogP contribution in [0.25, 0.3) is 0 Å². The predicted octanol–water partition coefficient (Wildman–Crippen LogP) is 1.34. The lowest BCUT2D eigenvalue weighted by atomic mass is 10.2. The summed E-state index contributed by atoms with van der Waals surface area (Å²) in [6.45, 7) is 3.14. The van der Waals surface area contributed by atoms with Crippen molar-refractivity contribution in [2.45, 2.75) is 25.8 Å². The van der Waals surface area contributed by atoms with Crippen molar-refractivity contribution in [1.29, 1.82) is 5.26 Å². The first-order valence-corrected chi connectivity index (χ1v) is 4.80. The van der Waals surface area contributed by atoms with Crippen LogP contribution in [0.2, 0.25) is 0 Å². The summed E-state index contributed by atoms with van der Waals surface area (Å²) in [4.78, 5) is 10.4. The van der Waals surface area contributed by atoms with Gasteiger partial charge < -0.3 is 4.90 Å². The maximum Gasteiger partial charge on any atom is 0.183 e. The number of hydrogen-bond donors (Lipinski definition) is 0.